The van der Waals surface area contributed by atoms with Crippen LogP contribution in [-0.4, -0.2) is 41.8 Å². The average Bonchev–Trinajstić information content (AvgIpc) is 3.53. The molecule has 4 rings (SSSR count). The lowest BCUT2D eigenvalue weighted by Crippen LogP contribution is -2.44. The fourth-order valence-corrected chi connectivity index (χ4v) is 3.66. The molecule has 0 radical (unpaired) electrons. The second kappa shape index (κ2) is 8.11. The van der Waals surface area contributed by atoms with Crippen LogP contribution in [-0.2, 0) is 16.1 Å². The first kappa shape index (κ1) is 18.0. The summed E-state index contributed by atoms with van der Waals surface area (Å²) in [6, 6.07) is 18.2. The van der Waals surface area contributed by atoms with E-state index in [-0.39, 0.29) is 12.7 Å². The summed E-state index contributed by atoms with van der Waals surface area (Å²) in [4.78, 5) is 13.1. The molecule has 1 aliphatic heterocycles. The van der Waals surface area contributed by atoms with Crippen LogP contribution in [0.5, 0.6) is 5.75 Å². The number of ether oxygens (including phenoxy) is 2. The van der Waals surface area contributed by atoms with Crippen molar-refractivity contribution in [2.45, 2.75) is 31.6 Å². The largest absolute Gasteiger partial charge is 0.482 e. The van der Waals surface area contributed by atoms with Crippen LogP contribution in [0.2, 0.25) is 0 Å². The summed E-state index contributed by atoms with van der Waals surface area (Å²) in [5, 5.41) is 8.70. The summed E-state index contributed by atoms with van der Waals surface area (Å²) in [7, 11) is 0. The van der Waals surface area contributed by atoms with Gasteiger partial charge < -0.3 is 14.6 Å². The molecule has 0 aromatic heterocycles. The molecule has 2 aromatic rings. The monoisotopic (exact) mass is 367 g/mol. The van der Waals surface area contributed by atoms with E-state index >= 15 is 0 Å². The van der Waals surface area contributed by atoms with Gasteiger partial charge in [-0.05, 0) is 42.0 Å². The molecular weight excluding hydrogens is 342 g/mol. The summed E-state index contributed by atoms with van der Waals surface area (Å²) in [5.41, 5.74) is 2.44. The number of carboxylic acid groups (broad SMARTS) is 1. The molecule has 5 nitrogen and oxygen atoms in total. The molecule has 2 aliphatic rings. The normalized spacial score (nSPS) is 23.1. The van der Waals surface area contributed by atoms with Crippen molar-refractivity contribution in [2.24, 2.45) is 5.92 Å². The Kier molecular flexibility index (Phi) is 5.41. The van der Waals surface area contributed by atoms with Crippen molar-refractivity contribution in [1.29, 1.82) is 0 Å². The van der Waals surface area contributed by atoms with Crippen molar-refractivity contribution in [3.05, 3.63) is 65.7 Å². The summed E-state index contributed by atoms with van der Waals surface area (Å²) >= 11 is 0. The molecule has 1 N–H and O–H groups in total. The number of hydrogen-bond acceptors (Lipinski definition) is 4. The minimum Gasteiger partial charge on any atom is -0.482 e. The Morgan fingerprint density at radius 2 is 1.81 bits per heavy atom. The molecule has 2 aromatic carbocycles. The summed E-state index contributed by atoms with van der Waals surface area (Å²) < 4.78 is 11.6. The van der Waals surface area contributed by atoms with Crippen LogP contribution < -0.4 is 4.74 Å². The van der Waals surface area contributed by atoms with E-state index in [2.05, 4.69) is 29.2 Å². The van der Waals surface area contributed by atoms with E-state index in [9.17, 15) is 4.79 Å². The second-order valence-corrected chi connectivity index (χ2v) is 7.43. The third-order valence-electron chi connectivity index (χ3n) is 5.21. The minimum atomic E-state index is -0.967. The van der Waals surface area contributed by atoms with Crippen LogP contribution in [0.25, 0.3) is 0 Å². The van der Waals surface area contributed by atoms with Gasteiger partial charge in [0, 0.05) is 19.6 Å². The van der Waals surface area contributed by atoms with Crippen molar-refractivity contribution >= 4 is 5.97 Å². The summed E-state index contributed by atoms with van der Waals surface area (Å²) in [5.74, 6) is 0.317. The van der Waals surface area contributed by atoms with Gasteiger partial charge in [0.25, 0.3) is 0 Å². The summed E-state index contributed by atoms with van der Waals surface area (Å²) in [6.07, 6.45) is 2.97. The van der Waals surface area contributed by atoms with Gasteiger partial charge in [0.05, 0.1) is 12.2 Å². The molecule has 1 heterocycles. The van der Waals surface area contributed by atoms with Crippen molar-refractivity contribution in [3.8, 4) is 5.75 Å². The van der Waals surface area contributed by atoms with Crippen molar-refractivity contribution < 1.29 is 19.4 Å². The Bertz CT molecular complexity index is 758. The third kappa shape index (κ3) is 4.87. The number of carbonyl (C=O) groups is 1. The van der Waals surface area contributed by atoms with Gasteiger partial charge in [-0.1, -0.05) is 42.5 Å². The lowest BCUT2D eigenvalue weighted by Gasteiger charge is -2.38. The van der Waals surface area contributed by atoms with Crippen LogP contribution in [0, 0.1) is 5.92 Å². The molecule has 5 heteroatoms. The molecule has 1 saturated carbocycles. The van der Waals surface area contributed by atoms with Gasteiger partial charge in [-0.25, -0.2) is 4.79 Å². The first-order valence-corrected chi connectivity index (χ1v) is 9.53. The van der Waals surface area contributed by atoms with Gasteiger partial charge in [-0.2, -0.15) is 0 Å². The quantitative estimate of drug-likeness (QED) is 0.812. The van der Waals surface area contributed by atoms with E-state index in [1.165, 1.54) is 24.0 Å². The molecule has 2 atom stereocenters. The summed E-state index contributed by atoms with van der Waals surface area (Å²) in [6.45, 7) is 2.38. The highest BCUT2D eigenvalue weighted by Gasteiger charge is 2.38. The zero-order valence-corrected chi connectivity index (χ0v) is 15.3. The van der Waals surface area contributed by atoms with Gasteiger partial charge in [0.2, 0.25) is 0 Å². The number of hydrogen-bond donors (Lipinski definition) is 1. The number of aliphatic carboxylic acids is 1. The lowest BCUT2D eigenvalue weighted by atomic mass is 10.0. The maximum atomic E-state index is 10.6. The lowest BCUT2D eigenvalue weighted by molar-refractivity contribution is -0.139. The van der Waals surface area contributed by atoms with Gasteiger partial charge in [-0.15, -0.1) is 0 Å². The first-order chi connectivity index (χ1) is 13.2. The Hall–Kier alpha value is -2.37. The molecule has 0 bridgehead atoms. The van der Waals surface area contributed by atoms with Gasteiger partial charge in [-0.3, -0.25) is 4.90 Å². The van der Waals surface area contributed by atoms with Gasteiger partial charge in [0.15, 0.2) is 6.61 Å². The molecular formula is C22H25NO4. The fraction of sp³-hybridized carbons (Fsp3) is 0.409. The van der Waals surface area contributed by atoms with E-state index < -0.39 is 5.97 Å². The highest BCUT2D eigenvalue weighted by Crippen LogP contribution is 2.39. The highest BCUT2D eigenvalue weighted by atomic mass is 16.5. The predicted molar refractivity (Wildman–Crippen MR) is 102 cm³/mol. The zero-order chi connectivity index (χ0) is 18.6. The average molecular weight is 367 g/mol. The Morgan fingerprint density at radius 1 is 1.07 bits per heavy atom. The highest BCUT2D eigenvalue weighted by molar-refractivity contribution is 5.68. The van der Waals surface area contributed by atoms with E-state index in [1.807, 2.05) is 30.3 Å². The third-order valence-corrected chi connectivity index (χ3v) is 5.21. The molecule has 1 aliphatic carbocycles. The SMILES string of the molecule is O=C(O)COc1ccc(CN2C[C@@H](c3ccccc3)O[C@@H](C3CC3)C2)cc1. The van der Waals surface area contributed by atoms with E-state index in [4.69, 9.17) is 14.6 Å². The van der Waals surface area contributed by atoms with Crippen LogP contribution in [0.1, 0.15) is 30.1 Å². The molecule has 0 unspecified atom stereocenters. The molecule has 1 saturated heterocycles. The Labute approximate surface area is 159 Å². The van der Waals surface area contributed by atoms with Gasteiger partial charge in [0.1, 0.15) is 5.75 Å². The van der Waals surface area contributed by atoms with Gasteiger partial charge >= 0.3 is 5.97 Å². The first-order valence-electron chi connectivity index (χ1n) is 9.53. The number of nitrogens with zero attached hydrogens (tertiary/aromatic N) is 1. The second-order valence-electron chi connectivity index (χ2n) is 7.43. The van der Waals surface area contributed by atoms with Crippen molar-refractivity contribution in [1.82, 2.24) is 4.90 Å². The topological polar surface area (TPSA) is 59.0 Å². The smallest absolute Gasteiger partial charge is 0.341 e. The Morgan fingerprint density at radius 3 is 2.48 bits per heavy atom. The molecule has 142 valence electrons. The van der Waals surface area contributed by atoms with E-state index in [0.717, 1.165) is 19.6 Å². The zero-order valence-electron chi connectivity index (χ0n) is 15.3. The Balaban J connectivity index is 1.41. The fourth-order valence-electron chi connectivity index (χ4n) is 3.66. The van der Waals surface area contributed by atoms with Crippen molar-refractivity contribution in [2.75, 3.05) is 19.7 Å². The predicted octanol–water partition coefficient (Wildman–Crippen LogP) is 3.50. The number of morpholine rings is 1. The van der Waals surface area contributed by atoms with Crippen LogP contribution >= 0.6 is 0 Å². The van der Waals surface area contributed by atoms with Crippen LogP contribution in [0.4, 0.5) is 0 Å². The standard InChI is InChI=1S/C22H25NO4/c24-22(25)15-26-19-10-6-16(7-11-19)12-23-13-20(17-4-2-1-3-5-17)27-21(14-23)18-8-9-18/h1-7,10-11,18,20-21H,8-9,12-15H2,(H,24,25)/t20-,21+/m0/s1. The van der Waals surface area contributed by atoms with Crippen LogP contribution in [0.3, 0.4) is 0 Å². The molecule has 2 fully saturated rings. The number of benzene rings is 2. The van der Waals surface area contributed by atoms with E-state index in [1.54, 1.807) is 0 Å². The molecule has 0 spiro atoms. The minimum absolute atomic E-state index is 0.115. The molecule has 0 amide bonds. The number of carboxylic acids is 1. The van der Waals surface area contributed by atoms with Crippen molar-refractivity contribution in [3.63, 3.8) is 0 Å². The molecule has 27 heavy (non-hydrogen) atoms. The maximum Gasteiger partial charge on any atom is 0.341 e. The maximum absolute atomic E-state index is 10.6. The van der Waals surface area contributed by atoms with E-state index in [0.29, 0.717) is 17.8 Å². The van der Waals surface area contributed by atoms with Crippen LogP contribution in [0.15, 0.2) is 54.6 Å². The number of rotatable bonds is 7.